The summed E-state index contributed by atoms with van der Waals surface area (Å²) in [5.41, 5.74) is 7.28. The van der Waals surface area contributed by atoms with E-state index in [0.29, 0.717) is 6.42 Å². The van der Waals surface area contributed by atoms with Crippen molar-refractivity contribution in [3.8, 4) is 11.3 Å². The topological polar surface area (TPSA) is 44.9 Å². The summed E-state index contributed by atoms with van der Waals surface area (Å²) in [6, 6.07) is 22.3. The Hall–Kier alpha value is -2.85. The molecule has 4 rings (SSSR count). The van der Waals surface area contributed by atoms with E-state index in [9.17, 15) is 4.79 Å². The van der Waals surface area contributed by atoms with E-state index in [1.165, 1.54) is 11.1 Å². The molecule has 0 atom stereocenters. The minimum Gasteiger partial charge on any atom is -0.354 e. The first-order chi connectivity index (χ1) is 13.5. The normalized spacial score (nSPS) is 11.0. The number of benzene rings is 3. The molecule has 0 aliphatic carbocycles. The van der Waals surface area contributed by atoms with Gasteiger partial charge in [0.05, 0.1) is 12.1 Å². The molecule has 3 nitrogen and oxygen atoms in total. The Morgan fingerprint density at radius 3 is 2.32 bits per heavy atom. The van der Waals surface area contributed by atoms with E-state index in [4.69, 9.17) is 0 Å². The molecule has 28 heavy (non-hydrogen) atoms. The van der Waals surface area contributed by atoms with Gasteiger partial charge in [-0.05, 0) is 61.4 Å². The lowest BCUT2D eigenvalue weighted by Crippen LogP contribution is -2.14. The third kappa shape index (κ3) is 3.87. The van der Waals surface area contributed by atoms with Gasteiger partial charge in [0.15, 0.2) is 0 Å². The average Bonchev–Trinajstić information content (AvgIpc) is 3.02. The first-order valence-electron chi connectivity index (χ1n) is 9.23. The highest BCUT2D eigenvalue weighted by molar-refractivity contribution is 9.10. The van der Waals surface area contributed by atoms with Crippen LogP contribution in [0.4, 0.5) is 5.69 Å². The fourth-order valence-corrected chi connectivity index (χ4v) is 3.68. The van der Waals surface area contributed by atoms with E-state index in [1.807, 2.05) is 43.3 Å². The van der Waals surface area contributed by atoms with Crippen LogP contribution in [0.15, 0.2) is 71.2 Å². The second kappa shape index (κ2) is 7.64. The largest absolute Gasteiger partial charge is 0.354 e. The Kier molecular flexibility index (Phi) is 5.05. The third-order valence-electron chi connectivity index (χ3n) is 4.87. The zero-order valence-corrected chi connectivity index (χ0v) is 17.4. The molecule has 0 saturated heterocycles. The van der Waals surface area contributed by atoms with Gasteiger partial charge in [-0.3, -0.25) is 4.79 Å². The van der Waals surface area contributed by atoms with Crippen LogP contribution in [0.2, 0.25) is 0 Å². The number of carbonyl (C=O) groups is 1. The van der Waals surface area contributed by atoms with Gasteiger partial charge in [0.1, 0.15) is 0 Å². The molecule has 140 valence electrons. The van der Waals surface area contributed by atoms with Crippen molar-refractivity contribution in [3.05, 3.63) is 87.9 Å². The first kappa shape index (κ1) is 18.5. The maximum absolute atomic E-state index is 12.8. The molecular weight excluding hydrogens is 412 g/mol. The van der Waals surface area contributed by atoms with Gasteiger partial charge in [0, 0.05) is 21.1 Å². The molecule has 0 fully saturated rings. The number of H-pyrrole nitrogens is 1. The summed E-state index contributed by atoms with van der Waals surface area (Å²) in [7, 11) is 0. The van der Waals surface area contributed by atoms with Gasteiger partial charge in [0.2, 0.25) is 5.91 Å². The minimum absolute atomic E-state index is 0.0235. The van der Waals surface area contributed by atoms with Gasteiger partial charge in [-0.15, -0.1) is 0 Å². The number of aromatic nitrogens is 1. The predicted molar refractivity (Wildman–Crippen MR) is 120 cm³/mol. The minimum atomic E-state index is -0.0235. The molecule has 4 heteroatoms. The highest BCUT2D eigenvalue weighted by Crippen LogP contribution is 2.32. The number of nitrogens with one attached hydrogen (secondary N) is 2. The molecule has 0 aliphatic heterocycles. The van der Waals surface area contributed by atoms with Gasteiger partial charge in [-0.2, -0.15) is 0 Å². The molecule has 3 aromatic carbocycles. The predicted octanol–water partition coefficient (Wildman–Crippen LogP) is 6.40. The highest BCUT2D eigenvalue weighted by Gasteiger charge is 2.16. The number of hydrogen-bond donors (Lipinski definition) is 2. The molecule has 2 N–H and O–H groups in total. The van der Waals surface area contributed by atoms with Crippen molar-refractivity contribution >= 4 is 38.4 Å². The fraction of sp³-hybridized carbons (Fsp3) is 0.125. The van der Waals surface area contributed by atoms with Crippen LogP contribution in [0.5, 0.6) is 0 Å². The molecular formula is C24H21BrN2O. The van der Waals surface area contributed by atoms with Crippen LogP contribution in [0.1, 0.15) is 16.7 Å². The van der Waals surface area contributed by atoms with Crippen molar-refractivity contribution in [2.24, 2.45) is 0 Å². The van der Waals surface area contributed by atoms with E-state index >= 15 is 0 Å². The average molecular weight is 433 g/mol. The molecule has 4 aromatic rings. The highest BCUT2D eigenvalue weighted by atomic mass is 79.9. The van der Waals surface area contributed by atoms with Crippen LogP contribution in [-0.2, 0) is 11.2 Å². The molecule has 1 aromatic heterocycles. The second-order valence-corrected chi connectivity index (χ2v) is 8.04. The molecule has 1 heterocycles. The molecule has 1 amide bonds. The van der Waals surface area contributed by atoms with Gasteiger partial charge in [-0.1, -0.05) is 57.4 Å². The SMILES string of the molecule is Cc1ccc(NC(=O)Cc2c(-c3ccc(Br)cc3)[nH]c3ccc(C)cc23)cc1. The number of fused-ring (bicyclic) bond motifs is 1. The number of rotatable bonds is 4. The van der Waals surface area contributed by atoms with Crippen molar-refractivity contribution in [2.75, 3.05) is 5.32 Å². The van der Waals surface area contributed by atoms with Crippen molar-refractivity contribution in [1.29, 1.82) is 0 Å². The number of anilines is 1. The molecule has 0 aliphatic rings. The number of amides is 1. The van der Waals surface area contributed by atoms with Crippen molar-refractivity contribution < 1.29 is 4.79 Å². The van der Waals surface area contributed by atoms with E-state index in [2.05, 4.69) is 63.5 Å². The van der Waals surface area contributed by atoms with Gasteiger partial charge < -0.3 is 10.3 Å². The van der Waals surface area contributed by atoms with E-state index in [1.54, 1.807) is 0 Å². The van der Waals surface area contributed by atoms with Crippen molar-refractivity contribution in [3.63, 3.8) is 0 Å². The third-order valence-corrected chi connectivity index (χ3v) is 5.40. The van der Waals surface area contributed by atoms with Crippen LogP contribution >= 0.6 is 15.9 Å². The smallest absolute Gasteiger partial charge is 0.228 e. The van der Waals surface area contributed by atoms with Crippen molar-refractivity contribution in [2.45, 2.75) is 20.3 Å². The lowest BCUT2D eigenvalue weighted by Gasteiger charge is -2.08. The Morgan fingerprint density at radius 2 is 1.61 bits per heavy atom. The Bertz CT molecular complexity index is 1140. The standard InChI is InChI=1S/C24H21BrN2O/c1-15-3-10-19(11-4-15)26-23(28)14-21-20-13-16(2)5-12-22(20)27-24(21)17-6-8-18(25)9-7-17/h3-13,27H,14H2,1-2H3,(H,26,28). The lowest BCUT2D eigenvalue weighted by molar-refractivity contribution is -0.115. The van der Waals surface area contributed by atoms with Crippen LogP contribution in [0, 0.1) is 13.8 Å². The van der Waals surface area contributed by atoms with Gasteiger partial charge >= 0.3 is 0 Å². The molecule has 0 spiro atoms. The van der Waals surface area contributed by atoms with Crippen LogP contribution < -0.4 is 5.32 Å². The number of carbonyl (C=O) groups excluding carboxylic acids is 1. The number of halogens is 1. The molecule has 0 saturated carbocycles. The fourth-order valence-electron chi connectivity index (χ4n) is 3.41. The number of hydrogen-bond acceptors (Lipinski definition) is 1. The summed E-state index contributed by atoms with van der Waals surface area (Å²) < 4.78 is 1.03. The second-order valence-electron chi connectivity index (χ2n) is 7.13. The molecule has 0 unspecified atom stereocenters. The maximum atomic E-state index is 12.8. The summed E-state index contributed by atoms with van der Waals surface area (Å²) in [5.74, 6) is -0.0235. The van der Waals surface area contributed by atoms with E-state index < -0.39 is 0 Å². The number of aromatic amines is 1. The molecule has 0 radical (unpaired) electrons. The summed E-state index contributed by atoms with van der Waals surface area (Å²) in [4.78, 5) is 16.3. The summed E-state index contributed by atoms with van der Waals surface area (Å²) in [5, 5.41) is 4.11. The van der Waals surface area contributed by atoms with Crippen LogP contribution in [0.25, 0.3) is 22.2 Å². The van der Waals surface area contributed by atoms with Gasteiger partial charge in [-0.25, -0.2) is 0 Å². The van der Waals surface area contributed by atoms with Crippen LogP contribution in [0.3, 0.4) is 0 Å². The van der Waals surface area contributed by atoms with E-state index in [0.717, 1.165) is 37.9 Å². The maximum Gasteiger partial charge on any atom is 0.228 e. The summed E-state index contributed by atoms with van der Waals surface area (Å²) in [6.45, 7) is 4.10. The zero-order valence-electron chi connectivity index (χ0n) is 15.8. The van der Waals surface area contributed by atoms with Gasteiger partial charge in [0.25, 0.3) is 0 Å². The Balaban J connectivity index is 1.72. The zero-order chi connectivity index (χ0) is 19.7. The first-order valence-corrected chi connectivity index (χ1v) is 10.0. The number of aryl methyl sites for hydroxylation is 2. The van der Waals surface area contributed by atoms with E-state index in [-0.39, 0.29) is 5.91 Å². The molecule has 0 bridgehead atoms. The summed E-state index contributed by atoms with van der Waals surface area (Å²) in [6.07, 6.45) is 0.308. The Labute approximate surface area is 172 Å². The Morgan fingerprint density at radius 1 is 0.929 bits per heavy atom. The lowest BCUT2D eigenvalue weighted by atomic mass is 10.0. The monoisotopic (exact) mass is 432 g/mol. The quantitative estimate of drug-likeness (QED) is 0.385. The van der Waals surface area contributed by atoms with Crippen molar-refractivity contribution in [1.82, 2.24) is 4.98 Å². The van der Waals surface area contributed by atoms with Crippen LogP contribution in [-0.4, -0.2) is 10.9 Å². The summed E-state index contributed by atoms with van der Waals surface area (Å²) >= 11 is 3.49.